The highest BCUT2D eigenvalue weighted by molar-refractivity contribution is 6.06. The molecule has 1 saturated heterocycles. The quantitative estimate of drug-likeness (QED) is 0.560. The lowest BCUT2D eigenvalue weighted by atomic mass is 10.0. The molecule has 1 atom stereocenters. The highest BCUT2D eigenvalue weighted by Gasteiger charge is 2.39. The molecule has 0 bridgehead atoms. The number of nitrogens with one attached hydrogen (secondary N) is 1. The number of aromatic hydroxyl groups is 1. The molecule has 160 valence electrons. The van der Waals surface area contributed by atoms with Crippen molar-refractivity contribution < 1.29 is 29.0 Å². The third kappa shape index (κ3) is 3.67. The molecular weight excluding hydrogens is 404 g/mol. The topological polar surface area (TPSA) is 130 Å². The van der Waals surface area contributed by atoms with E-state index in [4.69, 9.17) is 9.47 Å². The molecule has 31 heavy (non-hydrogen) atoms. The first-order valence-corrected chi connectivity index (χ1v) is 9.56. The Morgan fingerprint density at radius 3 is 2.45 bits per heavy atom. The summed E-state index contributed by atoms with van der Waals surface area (Å²) in [4.78, 5) is 38.0. The second-order valence-electron chi connectivity index (χ2n) is 7.10. The average Bonchev–Trinajstić information content (AvgIpc) is 3.10. The minimum Gasteiger partial charge on any atom is -0.502 e. The van der Waals surface area contributed by atoms with Crippen LogP contribution in [0.15, 0.2) is 40.6 Å². The number of phenols is 1. The first kappa shape index (κ1) is 20.3. The molecule has 2 aromatic rings. The van der Waals surface area contributed by atoms with Crippen LogP contribution in [0.5, 0.6) is 17.2 Å². The van der Waals surface area contributed by atoms with Crippen molar-refractivity contribution in [2.45, 2.75) is 25.4 Å². The third-order valence-corrected chi connectivity index (χ3v) is 5.30. The summed E-state index contributed by atoms with van der Waals surface area (Å²) in [5.41, 5.74) is 1.96. The molecule has 2 aromatic carbocycles. The molecule has 0 aromatic heterocycles. The van der Waals surface area contributed by atoms with Crippen molar-refractivity contribution in [3.63, 3.8) is 0 Å². The number of ether oxygens (including phenoxy) is 2. The Bertz CT molecular complexity index is 1090. The fourth-order valence-corrected chi connectivity index (χ4v) is 3.71. The Morgan fingerprint density at radius 1 is 1.10 bits per heavy atom. The van der Waals surface area contributed by atoms with Gasteiger partial charge in [-0.1, -0.05) is 6.07 Å². The maximum atomic E-state index is 12.9. The number of hydrogen-bond acceptors (Lipinski definition) is 8. The van der Waals surface area contributed by atoms with E-state index in [0.717, 1.165) is 0 Å². The van der Waals surface area contributed by atoms with Crippen LogP contribution in [-0.4, -0.2) is 48.0 Å². The van der Waals surface area contributed by atoms with E-state index in [1.54, 1.807) is 18.2 Å². The lowest BCUT2D eigenvalue weighted by Crippen LogP contribution is -2.52. The molecular formula is C21H20N4O6. The van der Waals surface area contributed by atoms with Crippen molar-refractivity contribution in [3.8, 4) is 17.2 Å². The molecule has 0 saturated carbocycles. The maximum absolute atomic E-state index is 12.9. The second-order valence-corrected chi connectivity index (χ2v) is 7.10. The Labute approximate surface area is 177 Å². The lowest BCUT2D eigenvalue weighted by molar-refractivity contribution is -0.136. The van der Waals surface area contributed by atoms with Gasteiger partial charge in [-0.05, 0) is 18.6 Å². The monoisotopic (exact) mass is 424 g/mol. The molecule has 2 heterocycles. The minimum atomic E-state index is -0.701. The van der Waals surface area contributed by atoms with E-state index in [2.05, 4.69) is 15.5 Å². The number of amides is 3. The zero-order valence-electron chi connectivity index (χ0n) is 16.9. The Hall–Kier alpha value is -3.95. The molecule has 2 aliphatic heterocycles. The molecule has 4 rings (SSSR count). The number of carbonyl (C=O) groups excluding carboxylic acids is 3. The van der Waals surface area contributed by atoms with E-state index in [1.165, 1.54) is 31.3 Å². The van der Waals surface area contributed by atoms with Crippen molar-refractivity contribution in [1.29, 1.82) is 0 Å². The van der Waals surface area contributed by atoms with Gasteiger partial charge in [0.15, 0.2) is 11.5 Å². The van der Waals surface area contributed by atoms with Crippen molar-refractivity contribution in [2.24, 2.45) is 10.2 Å². The van der Waals surface area contributed by atoms with Crippen LogP contribution in [0.25, 0.3) is 0 Å². The van der Waals surface area contributed by atoms with Gasteiger partial charge in [-0.2, -0.15) is 10.2 Å². The van der Waals surface area contributed by atoms with E-state index in [9.17, 15) is 19.5 Å². The second kappa shape index (κ2) is 8.05. The van der Waals surface area contributed by atoms with Crippen LogP contribution in [0.4, 0.5) is 11.4 Å². The van der Waals surface area contributed by atoms with Gasteiger partial charge in [-0.3, -0.25) is 19.7 Å². The van der Waals surface area contributed by atoms with E-state index in [1.807, 2.05) is 0 Å². The van der Waals surface area contributed by atoms with Gasteiger partial charge in [0.2, 0.25) is 17.6 Å². The Morgan fingerprint density at radius 2 is 1.81 bits per heavy atom. The zero-order valence-corrected chi connectivity index (χ0v) is 16.9. The molecule has 2 N–H and O–H groups in total. The number of benzene rings is 2. The molecule has 3 amide bonds. The maximum Gasteiger partial charge on any atom is 0.255 e. The van der Waals surface area contributed by atoms with Gasteiger partial charge < -0.3 is 19.5 Å². The summed E-state index contributed by atoms with van der Waals surface area (Å²) in [5, 5.41) is 20.8. The number of methoxy groups -OCH3 is 2. The molecule has 10 heteroatoms. The smallest absolute Gasteiger partial charge is 0.255 e. The van der Waals surface area contributed by atoms with Gasteiger partial charge in [0.05, 0.1) is 25.6 Å². The molecule has 1 fully saturated rings. The fraction of sp³-hybridized carbons (Fsp3) is 0.286. The largest absolute Gasteiger partial charge is 0.502 e. The van der Waals surface area contributed by atoms with E-state index >= 15 is 0 Å². The number of imide groups is 1. The van der Waals surface area contributed by atoms with Gasteiger partial charge in [0.25, 0.3) is 5.91 Å². The lowest BCUT2D eigenvalue weighted by Gasteiger charge is -2.29. The first-order valence-electron chi connectivity index (χ1n) is 9.56. The van der Waals surface area contributed by atoms with Crippen molar-refractivity contribution >= 4 is 29.1 Å². The summed E-state index contributed by atoms with van der Waals surface area (Å²) in [6.45, 7) is 0.192. The summed E-state index contributed by atoms with van der Waals surface area (Å²) in [6, 6.07) is 7.40. The number of rotatable bonds is 5. The molecule has 0 radical (unpaired) electrons. The predicted molar refractivity (Wildman–Crippen MR) is 108 cm³/mol. The highest BCUT2D eigenvalue weighted by Crippen LogP contribution is 2.41. The van der Waals surface area contributed by atoms with Crippen LogP contribution in [0.2, 0.25) is 0 Å². The summed E-state index contributed by atoms with van der Waals surface area (Å²) in [7, 11) is 2.82. The van der Waals surface area contributed by atoms with Gasteiger partial charge in [0, 0.05) is 36.2 Å². The van der Waals surface area contributed by atoms with Gasteiger partial charge in [-0.25, -0.2) is 0 Å². The van der Waals surface area contributed by atoms with Crippen LogP contribution in [-0.2, 0) is 16.1 Å². The highest BCUT2D eigenvalue weighted by atomic mass is 16.5. The number of carbonyl (C=O) groups is 3. The molecule has 0 aliphatic carbocycles. The SMILES string of the molecule is COc1cc(N=Nc2cccc3c2CN(C2CCC(=O)NC2=O)C3=O)cc(OC)c1O. The Balaban J connectivity index is 1.62. The molecule has 1 unspecified atom stereocenters. The fourth-order valence-electron chi connectivity index (χ4n) is 3.71. The van der Waals surface area contributed by atoms with Crippen LogP contribution in [0, 0.1) is 0 Å². The summed E-state index contributed by atoms with van der Waals surface area (Å²) >= 11 is 0. The molecule has 10 nitrogen and oxygen atoms in total. The normalized spacial score (nSPS) is 18.3. The predicted octanol–water partition coefficient (Wildman–Crippen LogP) is 2.59. The van der Waals surface area contributed by atoms with Crippen LogP contribution < -0.4 is 14.8 Å². The number of fused-ring (bicyclic) bond motifs is 1. The van der Waals surface area contributed by atoms with Crippen LogP contribution in [0.3, 0.4) is 0 Å². The van der Waals surface area contributed by atoms with Gasteiger partial charge in [-0.15, -0.1) is 0 Å². The standard InChI is InChI=1S/C21H20N4O6/c1-30-16-8-11(9-17(31-2)19(16)27)23-24-14-5-3-4-12-13(14)10-25(21(12)29)15-6-7-18(26)22-20(15)28/h3-5,8-9,15,27H,6-7,10H2,1-2H3,(H,22,26,28). The van der Waals surface area contributed by atoms with Gasteiger partial charge >= 0.3 is 0 Å². The van der Waals surface area contributed by atoms with Crippen molar-refractivity contribution in [1.82, 2.24) is 10.2 Å². The van der Waals surface area contributed by atoms with E-state index in [0.29, 0.717) is 22.5 Å². The van der Waals surface area contributed by atoms with Crippen molar-refractivity contribution in [2.75, 3.05) is 14.2 Å². The zero-order chi connectivity index (χ0) is 22.1. The number of hydrogen-bond donors (Lipinski definition) is 2. The Kier molecular flexibility index (Phi) is 5.28. The third-order valence-electron chi connectivity index (χ3n) is 5.30. The van der Waals surface area contributed by atoms with Crippen LogP contribution in [0.1, 0.15) is 28.8 Å². The van der Waals surface area contributed by atoms with E-state index < -0.39 is 11.9 Å². The van der Waals surface area contributed by atoms with Crippen molar-refractivity contribution in [3.05, 3.63) is 41.5 Å². The van der Waals surface area contributed by atoms with Gasteiger partial charge in [0.1, 0.15) is 6.04 Å². The molecule has 0 spiro atoms. The molecule has 2 aliphatic rings. The summed E-state index contributed by atoms with van der Waals surface area (Å²) in [5.74, 6) is -0.857. The number of azo groups is 1. The number of nitrogens with zero attached hydrogens (tertiary/aromatic N) is 3. The summed E-state index contributed by atoms with van der Waals surface area (Å²) in [6.07, 6.45) is 0.474. The summed E-state index contributed by atoms with van der Waals surface area (Å²) < 4.78 is 10.2. The van der Waals surface area contributed by atoms with Crippen LogP contribution >= 0.6 is 0 Å². The minimum absolute atomic E-state index is 0.143. The number of phenolic OH excluding ortho intramolecular Hbond substituents is 1. The average molecular weight is 424 g/mol. The number of piperidine rings is 1. The first-order chi connectivity index (χ1) is 14.9. The van der Waals surface area contributed by atoms with E-state index in [-0.39, 0.29) is 48.4 Å².